The molecule has 0 aliphatic rings. The number of rotatable bonds is 11. The Labute approximate surface area is 131 Å². The molecule has 0 bridgehead atoms. The number of carbonyl (C=O) groups excluding carboxylic acids is 1. The summed E-state index contributed by atoms with van der Waals surface area (Å²) in [6.07, 6.45) is 5.59. The van der Waals surface area contributed by atoms with Crippen LogP contribution in [0.15, 0.2) is 17.2 Å². The molecule has 1 heterocycles. The minimum Gasteiger partial charge on any atom is -0.383 e. The van der Waals surface area contributed by atoms with Gasteiger partial charge in [-0.1, -0.05) is 26.2 Å². The highest BCUT2D eigenvalue weighted by Crippen LogP contribution is 2.10. The maximum Gasteiger partial charge on any atom is 0.267 e. The molecule has 0 saturated carbocycles. The lowest BCUT2D eigenvalue weighted by atomic mass is 10.2. The van der Waals surface area contributed by atoms with Crippen LogP contribution in [0.3, 0.4) is 0 Å². The van der Waals surface area contributed by atoms with Gasteiger partial charge in [-0.3, -0.25) is 4.79 Å². The second-order valence-corrected chi connectivity index (χ2v) is 6.72. The molecule has 0 aliphatic carbocycles. The van der Waals surface area contributed by atoms with E-state index in [1.807, 2.05) is 0 Å². The molecular formula is C14H25N3O4S. The van der Waals surface area contributed by atoms with Crippen LogP contribution in [0.1, 0.15) is 43.1 Å². The van der Waals surface area contributed by atoms with Gasteiger partial charge in [0.2, 0.25) is 10.0 Å². The molecule has 0 fully saturated rings. The Morgan fingerprint density at radius 1 is 1.27 bits per heavy atom. The quantitative estimate of drug-likeness (QED) is 0.531. The van der Waals surface area contributed by atoms with Crippen LogP contribution in [0.2, 0.25) is 0 Å². The average molecular weight is 331 g/mol. The Kier molecular flexibility index (Phi) is 8.15. The molecule has 8 heteroatoms. The van der Waals surface area contributed by atoms with E-state index in [4.69, 9.17) is 4.74 Å². The van der Waals surface area contributed by atoms with E-state index in [1.54, 1.807) is 0 Å². The number of amides is 1. The Bertz CT molecular complexity index is 554. The van der Waals surface area contributed by atoms with Gasteiger partial charge in [0.05, 0.1) is 6.61 Å². The largest absolute Gasteiger partial charge is 0.383 e. The van der Waals surface area contributed by atoms with Gasteiger partial charge in [-0.2, -0.15) is 0 Å². The van der Waals surface area contributed by atoms with Gasteiger partial charge in [-0.25, -0.2) is 13.1 Å². The predicted molar refractivity (Wildman–Crippen MR) is 84.3 cm³/mol. The van der Waals surface area contributed by atoms with Gasteiger partial charge in [0.1, 0.15) is 10.6 Å². The molecule has 3 N–H and O–H groups in total. The number of aromatic amines is 1. The fourth-order valence-electron chi connectivity index (χ4n) is 1.87. The van der Waals surface area contributed by atoms with E-state index < -0.39 is 10.0 Å². The van der Waals surface area contributed by atoms with Crippen molar-refractivity contribution in [2.24, 2.45) is 0 Å². The van der Waals surface area contributed by atoms with Crippen LogP contribution >= 0.6 is 0 Å². The Balaban J connectivity index is 2.50. The molecule has 0 unspecified atom stereocenters. The van der Waals surface area contributed by atoms with E-state index in [1.165, 1.54) is 19.4 Å². The maximum absolute atomic E-state index is 12.0. The molecule has 7 nitrogen and oxygen atoms in total. The lowest BCUT2D eigenvalue weighted by Gasteiger charge is -2.04. The zero-order valence-electron chi connectivity index (χ0n) is 13.1. The summed E-state index contributed by atoms with van der Waals surface area (Å²) in [5.41, 5.74) is 0.239. The Morgan fingerprint density at radius 2 is 2.05 bits per heavy atom. The van der Waals surface area contributed by atoms with Crippen LogP contribution < -0.4 is 10.0 Å². The monoisotopic (exact) mass is 331 g/mol. The van der Waals surface area contributed by atoms with E-state index >= 15 is 0 Å². The fraction of sp³-hybridized carbons (Fsp3) is 0.643. The van der Waals surface area contributed by atoms with Crippen LogP contribution in [0.5, 0.6) is 0 Å². The minimum atomic E-state index is -3.62. The molecule has 0 aliphatic heterocycles. The number of H-pyrrole nitrogens is 1. The van der Waals surface area contributed by atoms with Crippen molar-refractivity contribution in [2.75, 3.05) is 26.8 Å². The normalized spacial score (nSPS) is 11.5. The van der Waals surface area contributed by atoms with E-state index in [9.17, 15) is 13.2 Å². The molecule has 0 atom stereocenters. The number of hydrogen-bond acceptors (Lipinski definition) is 4. The van der Waals surface area contributed by atoms with E-state index in [2.05, 4.69) is 21.9 Å². The molecule has 0 radical (unpaired) electrons. The van der Waals surface area contributed by atoms with Gasteiger partial charge in [-0.15, -0.1) is 0 Å². The summed E-state index contributed by atoms with van der Waals surface area (Å²) in [6.45, 7) is 3.18. The number of hydrogen-bond donors (Lipinski definition) is 3. The van der Waals surface area contributed by atoms with Crippen molar-refractivity contribution in [1.82, 2.24) is 15.0 Å². The fourth-order valence-corrected chi connectivity index (χ4v) is 2.88. The number of aromatic nitrogens is 1. The van der Waals surface area contributed by atoms with Gasteiger partial charge in [0, 0.05) is 26.4 Å². The summed E-state index contributed by atoms with van der Waals surface area (Å²) in [5, 5.41) is 2.77. The molecule has 1 aromatic rings. The molecule has 126 valence electrons. The van der Waals surface area contributed by atoms with Crippen molar-refractivity contribution in [3.63, 3.8) is 0 Å². The third-order valence-corrected chi connectivity index (χ3v) is 4.57. The predicted octanol–water partition coefficient (Wildman–Crippen LogP) is 1.25. The Morgan fingerprint density at radius 3 is 2.73 bits per heavy atom. The summed E-state index contributed by atoms with van der Waals surface area (Å²) >= 11 is 0. The molecule has 1 amide bonds. The van der Waals surface area contributed by atoms with Crippen LogP contribution in [0.4, 0.5) is 0 Å². The summed E-state index contributed by atoms with van der Waals surface area (Å²) in [6, 6.07) is 1.33. The number of ether oxygens (including phenoxy) is 1. The zero-order chi connectivity index (χ0) is 16.4. The highest BCUT2D eigenvalue weighted by atomic mass is 32.2. The van der Waals surface area contributed by atoms with Gasteiger partial charge < -0.3 is 15.0 Å². The summed E-state index contributed by atoms with van der Waals surface area (Å²) < 4.78 is 31.1. The van der Waals surface area contributed by atoms with Crippen molar-refractivity contribution < 1.29 is 17.9 Å². The standard InChI is InChI=1S/C14H25N3O4S/c1-3-4-5-6-7-15-14(18)13-10-12(11-16-13)22(19,20)17-8-9-21-2/h10-11,16-17H,3-9H2,1-2H3,(H,15,18). The van der Waals surface area contributed by atoms with Crippen molar-refractivity contribution in [1.29, 1.82) is 0 Å². The first-order valence-corrected chi connectivity index (χ1v) is 8.94. The first-order chi connectivity index (χ1) is 10.5. The van der Waals surface area contributed by atoms with E-state index in [-0.39, 0.29) is 29.6 Å². The molecule has 1 aromatic heterocycles. The summed E-state index contributed by atoms with van der Waals surface area (Å²) in [5.74, 6) is -0.296. The molecule has 0 aromatic carbocycles. The summed E-state index contributed by atoms with van der Waals surface area (Å²) in [7, 11) is -2.13. The van der Waals surface area contributed by atoms with Crippen LogP contribution in [0.25, 0.3) is 0 Å². The lowest BCUT2D eigenvalue weighted by molar-refractivity contribution is 0.0948. The molecule has 22 heavy (non-hydrogen) atoms. The summed E-state index contributed by atoms with van der Waals surface area (Å²) in [4.78, 5) is 14.6. The smallest absolute Gasteiger partial charge is 0.267 e. The average Bonchev–Trinajstić information content (AvgIpc) is 2.98. The molecule has 0 saturated heterocycles. The number of methoxy groups -OCH3 is 1. The van der Waals surface area contributed by atoms with Crippen LogP contribution in [0, 0.1) is 0 Å². The van der Waals surface area contributed by atoms with Crippen LogP contribution in [-0.4, -0.2) is 46.1 Å². The highest BCUT2D eigenvalue weighted by molar-refractivity contribution is 7.89. The second-order valence-electron chi connectivity index (χ2n) is 4.96. The highest BCUT2D eigenvalue weighted by Gasteiger charge is 2.17. The van der Waals surface area contributed by atoms with E-state index in [0.717, 1.165) is 25.7 Å². The number of carbonyl (C=O) groups is 1. The van der Waals surface area contributed by atoms with Crippen molar-refractivity contribution in [2.45, 2.75) is 37.5 Å². The van der Waals surface area contributed by atoms with Gasteiger partial charge in [-0.05, 0) is 12.5 Å². The lowest BCUT2D eigenvalue weighted by Crippen LogP contribution is -2.27. The minimum absolute atomic E-state index is 0.0414. The topological polar surface area (TPSA) is 100 Å². The van der Waals surface area contributed by atoms with Gasteiger partial charge >= 0.3 is 0 Å². The van der Waals surface area contributed by atoms with Crippen LogP contribution in [-0.2, 0) is 14.8 Å². The number of unbranched alkanes of at least 4 members (excludes halogenated alkanes) is 3. The number of sulfonamides is 1. The van der Waals surface area contributed by atoms with Crippen molar-refractivity contribution >= 4 is 15.9 Å². The second kappa shape index (κ2) is 9.60. The van der Waals surface area contributed by atoms with Gasteiger partial charge in [0.15, 0.2) is 0 Å². The Hall–Kier alpha value is -1.38. The molecule has 0 spiro atoms. The van der Waals surface area contributed by atoms with Crippen molar-refractivity contribution in [3.8, 4) is 0 Å². The van der Waals surface area contributed by atoms with Crippen molar-refractivity contribution in [3.05, 3.63) is 18.0 Å². The third-order valence-electron chi connectivity index (χ3n) is 3.13. The zero-order valence-corrected chi connectivity index (χ0v) is 14.0. The first-order valence-electron chi connectivity index (χ1n) is 7.46. The van der Waals surface area contributed by atoms with E-state index in [0.29, 0.717) is 6.54 Å². The third kappa shape index (κ3) is 6.17. The first kappa shape index (κ1) is 18.7. The molecule has 1 rings (SSSR count). The SMILES string of the molecule is CCCCCCNC(=O)c1cc(S(=O)(=O)NCCOC)c[nH]1. The maximum atomic E-state index is 12.0. The van der Waals surface area contributed by atoms with Gasteiger partial charge in [0.25, 0.3) is 5.91 Å². The molecular weight excluding hydrogens is 306 g/mol. The number of nitrogens with one attached hydrogen (secondary N) is 3.